The third kappa shape index (κ3) is 7.50. The molecule has 0 aliphatic heterocycles. The lowest BCUT2D eigenvalue weighted by molar-refractivity contribution is 0.304. The van der Waals surface area contributed by atoms with E-state index in [1.54, 1.807) is 5.57 Å². The lowest BCUT2D eigenvalue weighted by atomic mass is 9.97. The van der Waals surface area contributed by atoms with Crippen LogP contribution < -0.4 is 10.1 Å². The predicted molar refractivity (Wildman–Crippen MR) is 120 cm³/mol. The Morgan fingerprint density at radius 3 is 2.52 bits per heavy atom. The van der Waals surface area contributed by atoms with Gasteiger partial charge in [-0.15, -0.1) is 12.4 Å². The van der Waals surface area contributed by atoms with Crippen LogP contribution in [0.1, 0.15) is 43.2 Å². The van der Waals surface area contributed by atoms with Crippen molar-refractivity contribution in [2.75, 3.05) is 6.54 Å². The van der Waals surface area contributed by atoms with Crippen LogP contribution in [0, 0.1) is 0 Å². The van der Waals surface area contributed by atoms with Crippen molar-refractivity contribution in [3.63, 3.8) is 0 Å². The number of allylic oxidation sites excluding steroid dienone is 1. The minimum Gasteiger partial charge on any atom is -0.488 e. The fraction of sp³-hybridized carbons (Fsp3) is 0.364. The second-order valence-electron chi connectivity index (χ2n) is 6.71. The molecule has 0 saturated carbocycles. The Hall–Kier alpha value is -1.00. The van der Waals surface area contributed by atoms with E-state index < -0.39 is 0 Å². The molecule has 5 heteroatoms. The number of benzene rings is 2. The summed E-state index contributed by atoms with van der Waals surface area (Å²) < 4.78 is 6.89. The molecule has 27 heavy (non-hydrogen) atoms. The first-order valence-electron chi connectivity index (χ1n) is 9.25. The molecule has 1 N–H and O–H groups in total. The molecule has 0 aromatic heterocycles. The van der Waals surface area contributed by atoms with Crippen molar-refractivity contribution in [3.05, 3.63) is 74.7 Å². The van der Waals surface area contributed by atoms with Crippen LogP contribution >= 0.6 is 39.9 Å². The van der Waals surface area contributed by atoms with Gasteiger partial charge in [0, 0.05) is 11.6 Å². The number of ether oxygens (including phenoxy) is 1. The molecule has 146 valence electrons. The molecular formula is C22H26BrCl2NO. The summed E-state index contributed by atoms with van der Waals surface area (Å²) in [5, 5.41) is 4.29. The van der Waals surface area contributed by atoms with Crippen LogP contribution in [-0.4, -0.2) is 6.54 Å². The monoisotopic (exact) mass is 469 g/mol. The van der Waals surface area contributed by atoms with Gasteiger partial charge in [0.05, 0.1) is 4.47 Å². The van der Waals surface area contributed by atoms with E-state index in [9.17, 15) is 0 Å². The highest BCUT2D eigenvalue weighted by Gasteiger charge is 2.05. The van der Waals surface area contributed by atoms with Crippen molar-refractivity contribution in [2.24, 2.45) is 0 Å². The minimum atomic E-state index is 0. The molecule has 0 spiro atoms. The molecule has 0 atom stereocenters. The van der Waals surface area contributed by atoms with Crippen molar-refractivity contribution in [1.29, 1.82) is 0 Å². The summed E-state index contributed by atoms with van der Waals surface area (Å²) >= 11 is 9.53. The van der Waals surface area contributed by atoms with Gasteiger partial charge in [-0.3, -0.25) is 0 Å². The lowest BCUT2D eigenvalue weighted by Crippen LogP contribution is -2.15. The number of hydrogen-bond donors (Lipinski definition) is 1. The Morgan fingerprint density at radius 2 is 1.81 bits per heavy atom. The normalized spacial score (nSPS) is 13.6. The zero-order chi connectivity index (χ0) is 18.2. The molecule has 0 radical (unpaired) electrons. The summed E-state index contributed by atoms with van der Waals surface area (Å²) in [4.78, 5) is 0. The van der Waals surface area contributed by atoms with Crippen molar-refractivity contribution in [3.8, 4) is 5.75 Å². The quantitative estimate of drug-likeness (QED) is 0.328. The van der Waals surface area contributed by atoms with E-state index in [0.29, 0.717) is 6.61 Å². The molecule has 2 aromatic rings. The van der Waals surface area contributed by atoms with E-state index in [2.05, 4.69) is 39.5 Å². The molecule has 0 saturated heterocycles. The molecule has 0 unspecified atom stereocenters. The average Bonchev–Trinajstić information content (AvgIpc) is 2.67. The highest BCUT2D eigenvalue weighted by Crippen LogP contribution is 2.27. The molecule has 3 rings (SSSR count). The summed E-state index contributed by atoms with van der Waals surface area (Å²) in [6.45, 7) is 2.45. The van der Waals surface area contributed by atoms with Gasteiger partial charge < -0.3 is 10.1 Å². The summed E-state index contributed by atoms with van der Waals surface area (Å²) in [6, 6.07) is 14.0. The predicted octanol–water partition coefficient (Wildman–Crippen LogP) is 7.08. The maximum absolute atomic E-state index is 5.91. The van der Waals surface area contributed by atoms with E-state index in [1.165, 1.54) is 37.7 Å². The molecule has 0 bridgehead atoms. The Balaban J connectivity index is 0.00000261. The van der Waals surface area contributed by atoms with Crippen molar-refractivity contribution < 1.29 is 4.74 Å². The summed E-state index contributed by atoms with van der Waals surface area (Å²) in [6.07, 6.45) is 8.86. The second-order valence-corrected chi connectivity index (χ2v) is 8.01. The van der Waals surface area contributed by atoms with Crippen LogP contribution in [-0.2, 0) is 13.2 Å². The Labute approximate surface area is 181 Å². The summed E-state index contributed by atoms with van der Waals surface area (Å²) in [5.41, 5.74) is 3.98. The van der Waals surface area contributed by atoms with Crippen LogP contribution in [0.25, 0.3) is 0 Å². The molecule has 2 aromatic carbocycles. The molecule has 0 heterocycles. The second kappa shape index (κ2) is 11.8. The number of rotatable bonds is 8. The SMILES string of the molecule is Cl.Clc1ccc(COc2ccc(CNCCC3=CCCCC3)cc2Br)cc1. The van der Waals surface area contributed by atoms with Gasteiger partial charge in [-0.25, -0.2) is 0 Å². The fourth-order valence-electron chi connectivity index (χ4n) is 3.13. The topological polar surface area (TPSA) is 21.3 Å². The molecule has 2 nitrogen and oxygen atoms in total. The minimum absolute atomic E-state index is 0. The zero-order valence-electron chi connectivity index (χ0n) is 15.3. The first kappa shape index (κ1) is 22.3. The number of halogens is 3. The Kier molecular flexibility index (Phi) is 9.70. The summed E-state index contributed by atoms with van der Waals surface area (Å²) in [5.74, 6) is 0.857. The number of hydrogen-bond acceptors (Lipinski definition) is 2. The Morgan fingerprint density at radius 1 is 1.04 bits per heavy atom. The molecular weight excluding hydrogens is 445 g/mol. The van der Waals surface area contributed by atoms with Crippen molar-refractivity contribution in [1.82, 2.24) is 5.32 Å². The number of nitrogens with one attached hydrogen (secondary N) is 1. The first-order valence-corrected chi connectivity index (χ1v) is 10.4. The van der Waals surface area contributed by atoms with Gasteiger partial charge in [-0.1, -0.05) is 41.4 Å². The molecule has 0 fully saturated rings. The molecule has 1 aliphatic rings. The molecule has 0 amide bonds. The van der Waals surface area contributed by atoms with Gasteiger partial charge in [0.2, 0.25) is 0 Å². The largest absolute Gasteiger partial charge is 0.488 e. The van der Waals surface area contributed by atoms with E-state index in [1.807, 2.05) is 30.3 Å². The van der Waals surface area contributed by atoms with Gasteiger partial charge in [0.25, 0.3) is 0 Å². The maximum Gasteiger partial charge on any atom is 0.134 e. The highest BCUT2D eigenvalue weighted by molar-refractivity contribution is 9.10. The Bertz CT molecular complexity index is 746. The van der Waals surface area contributed by atoms with Crippen LogP contribution in [0.5, 0.6) is 5.75 Å². The fourth-order valence-corrected chi connectivity index (χ4v) is 3.79. The smallest absolute Gasteiger partial charge is 0.134 e. The average molecular weight is 471 g/mol. The van der Waals surface area contributed by atoms with Crippen molar-refractivity contribution in [2.45, 2.75) is 45.3 Å². The first-order chi connectivity index (χ1) is 12.7. The van der Waals surface area contributed by atoms with Crippen molar-refractivity contribution >= 4 is 39.9 Å². The van der Waals surface area contributed by atoms with Crippen LogP contribution in [0.15, 0.2) is 58.6 Å². The highest BCUT2D eigenvalue weighted by atomic mass is 79.9. The van der Waals surface area contributed by atoms with E-state index in [-0.39, 0.29) is 12.4 Å². The van der Waals surface area contributed by atoms with E-state index in [0.717, 1.165) is 33.9 Å². The summed E-state index contributed by atoms with van der Waals surface area (Å²) in [7, 11) is 0. The van der Waals surface area contributed by atoms with E-state index in [4.69, 9.17) is 16.3 Å². The van der Waals surface area contributed by atoms with Gasteiger partial charge >= 0.3 is 0 Å². The van der Waals surface area contributed by atoms with Gasteiger partial charge in [-0.2, -0.15) is 0 Å². The third-order valence-corrected chi connectivity index (χ3v) is 5.51. The molecule has 1 aliphatic carbocycles. The lowest BCUT2D eigenvalue weighted by Gasteiger charge is -2.13. The third-order valence-electron chi connectivity index (χ3n) is 4.64. The standard InChI is InChI=1S/C22H25BrClNO.ClH/c23-21-14-19(15-25-13-12-17-4-2-1-3-5-17)8-11-22(21)26-16-18-6-9-20(24)10-7-18;/h4,6-11,14,25H,1-3,5,12-13,15-16H2;1H. The van der Waals surface area contributed by atoms with E-state index >= 15 is 0 Å². The van der Waals surface area contributed by atoms with Gasteiger partial charge in [-0.05, 0) is 90.0 Å². The maximum atomic E-state index is 5.91. The van der Waals surface area contributed by atoms with Gasteiger partial charge in [0.1, 0.15) is 12.4 Å². The van der Waals surface area contributed by atoms with Crippen LogP contribution in [0.4, 0.5) is 0 Å². The van der Waals surface area contributed by atoms with Gasteiger partial charge in [0.15, 0.2) is 0 Å². The van der Waals surface area contributed by atoms with Crippen LogP contribution in [0.3, 0.4) is 0 Å². The van der Waals surface area contributed by atoms with Crippen LogP contribution in [0.2, 0.25) is 5.02 Å². The zero-order valence-corrected chi connectivity index (χ0v) is 18.5.